The second-order valence-corrected chi connectivity index (χ2v) is 7.73. The number of benzene rings is 1. The molecule has 3 rings (SSSR count). The summed E-state index contributed by atoms with van der Waals surface area (Å²) in [5.74, 6) is -0.301. The van der Waals surface area contributed by atoms with Crippen molar-refractivity contribution in [1.29, 1.82) is 0 Å². The van der Waals surface area contributed by atoms with E-state index in [0.29, 0.717) is 11.3 Å². The topological polar surface area (TPSA) is 83.1 Å². The number of aryl methyl sites for hydroxylation is 1. The first-order valence-corrected chi connectivity index (χ1v) is 10.7. The number of piperazine rings is 1. The summed E-state index contributed by atoms with van der Waals surface area (Å²) in [4.78, 5) is 6.01. The van der Waals surface area contributed by atoms with Crippen LogP contribution in [0.2, 0.25) is 0 Å². The maximum atomic E-state index is 13.7. The highest BCUT2D eigenvalue weighted by molar-refractivity contribution is 5.91. The first-order valence-electron chi connectivity index (χ1n) is 10.7. The van der Waals surface area contributed by atoms with Gasteiger partial charge in [-0.3, -0.25) is 0 Å². The highest BCUT2D eigenvalue weighted by atomic mass is 19.1. The molecule has 0 atom stereocenters. The second-order valence-electron chi connectivity index (χ2n) is 7.73. The van der Waals surface area contributed by atoms with E-state index in [1.54, 1.807) is 12.1 Å². The van der Waals surface area contributed by atoms with Gasteiger partial charge < -0.3 is 26.7 Å². The molecular formula is C25H36FN5. The Morgan fingerprint density at radius 2 is 1.90 bits per heavy atom. The number of H-pyrrole nitrogens is 1. The molecule has 1 aromatic heterocycles. The van der Waals surface area contributed by atoms with E-state index >= 15 is 0 Å². The molecule has 1 aromatic carbocycles. The van der Waals surface area contributed by atoms with Gasteiger partial charge in [-0.15, -0.1) is 0 Å². The number of rotatable bonds is 7. The van der Waals surface area contributed by atoms with E-state index in [9.17, 15) is 4.39 Å². The van der Waals surface area contributed by atoms with Crippen LogP contribution in [0.1, 0.15) is 34.5 Å². The Morgan fingerprint density at radius 3 is 2.55 bits per heavy atom. The number of halogens is 1. The molecule has 0 amide bonds. The minimum absolute atomic E-state index is 0.301. The van der Waals surface area contributed by atoms with Gasteiger partial charge >= 0.3 is 0 Å². The molecule has 2 heterocycles. The van der Waals surface area contributed by atoms with Crippen LogP contribution < -0.4 is 16.8 Å². The van der Waals surface area contributed by atoms with Gasteiger partial charge in [0.05, 0.1) is 0 Å². The molecular weight excluding hydrogens is 389 g/mol. The number of anilines is 1. The summed E-state index contributed by atoms with van der Waals surface area (Å²) in [6.07, 6.45) is 7.19. The summed E-state index contributed by atoms with van der Waals surface area (Å²) in [6.45, 7) is 16.9. The zero-order chi connectivity index (χ0) is 22.8. The predicted molar refractivity (Wildman–Crippen MR) is 131 cm³/mol. The van der Waals surface area contributed by atoms with Crippen molar-refractivity contribution in [3.63, 3.8) is 0 Å². The van der Waals surface area contributed by atoms with E-state index in [2.05, 4.69) is 47.9 Å². The fourth-order valence-corrected chi connectivity index (χ4v) is 3.93. The highest BCUT2D eigenvalue weighted by Crippen LogP contribution is 2.28. The number of hydrogen-bond donors (Lipinski definition) is 4. The molecule has 0 unspecified atom stereocenters. The number of aromatic amines is 1. The standard InChI is InChI=1S/C23H31FN4.C2H5N/c1-4-18(21-15-19(24)7-8-22(21)25)14-23-16(2)20(17(3)27-23)6-5-11-28-12-9-26-10-13-28;1-2-3/h4,7-8,14-15,26-27H,1,5-6,9-13,25H2,2-3H3;2H,1,3H2/b18-14+;. The van der Waals surface area contributed by atoms with Gasteiger partial charge in [0, 0.05) is 48.8 Å². The Kier molecular flexibility index (Phi) is 9.56. The molecule has 5 nitrogen and oxygen atoms in total. The number of aromatic nitrogens is 1. The molecule has 168 valence electrons. The van der Waals surface area contributed by atoms with E-state index < -0.39 is 0 Å². The van der Waals surface area contributed by atoms with E-state index in [1.165, 1.54) is 35.2 Å². The third-order valence-corrected chi connectivity index (χ3v) is 5.59. The Hall–Kier alpha value is -2.83. The van der Waals surface area contributed by atoms with Gasteiger partial charge in [0.1, 0.15) is 5.82 Å². The van der Waals surface area contributed by atoms with E-state index in [0.717, 1.165) is 56.8 Å². The highest BCUT2D eigenvalue weighted by Gasteiger charge is 2.14. The van der Waals surface area contributed by atoms with Crippen molar-refractivity contribution in [3.05, 3.63) is 77.5 Å². The normalized spacial score (nSPS) is 14.6. The van der Waals surface area contributed by atoms with Gasteiger partial charge in [0.15, 0.2) is 0 Å². The molecule has 0 spiro atoms. The average molecular weight is 426 g/mol. The Labute approximate surface area is 185 Å². The summed E-state index contributed by atoms with van der Waals surface area (Å²) >= 11 is 0. The molecule has 31 heavy (non-hydrogen) atoms. The molecule has 1 aliphatic rings. The molecule has 0 bridgehead atoms. The number of hydrogen-bond acceptors (Lipinski definition) is 4. The molecule has 0 saturated carbocycles. The molecule has 0 radical (unpaired) electrons. The minimum Gasteiger partial charge on any atom is -0.405 e. The zero-order valence-corrected chi connectivity index (χ0v) is 18.8. The number of nitrogens with two attached hydrogens (primary N) is 2. The summed E-state index contributed by atoms with van der Waals surface area (Å²) in [5, 5.41) is 3.40. The quantitative estimate of drug-likeness (QED) is 0.399. The Morgan fingerprint density at radius 1 is 1.23 bits per heavy atom. The van der Waals surface area contributed by atoms with Crippen LogP contribution in [0.15, 0.2) is 43.6 Å². The van der Waals surface area contributed by atoms with Crippen LogP contribution in [0.4, 0.5) is 10.1 Å². The maximum Gasteiger partial charge on any atom is 0.123 e. The third-order valence-electron chi connectivity index (χ3n) is 5.59. The van der Waals surface area contributed by atoms with Crippen molar-refractivity contribution >= 4 is 17.3 Å². The number of nitrogens with one attached hydrogen (secondary N) is 2. The first kappa shape index (κ1) is 24.4. The molecule has 6 heteroatoms. The van der Waals surface area contributed by atoms with Crippen molar-refractivity contribution < 1.29 is 4.39 Å². The van der Waals surface area contributed by atoms with Crippen LogP contribution >= 0.6 is 0 Å². The summed E-state index contributed by atoms with van der Waals surface area (Å²) < 4.78 is 13.7. The van der Waals surface area contributed by atoms with Gasteiger partial charge in [-0.25, -0.2) is 4.39 Å². The fraction of sp³-hybridized carbons (Fsp3) is 0.360. The average Bonchev–Trinajstić information content (AvgIpc) is 3.02. The number of allylic oxidation sites excluding steroid dienone is 2. The minimum atomic E-state index is -0.301. The molecule has 1 aliphatic heterocycles. The monoisotopic (exact) mass is 425 g/mol. The van der Waals surface area contributed by atoms with Crippen molar-refractivity contribution in [2.75, 3.05) is 38.5 Å². The van der Waals surface area contributed by atoms with Crippen LogP contribution in [-0.4, -0.2) is 42.6 Å². The van der Waals surface area contributed by atoms with Gasteiger partial charge in [0.25, 0.3) is 0 Å². The van der Waals surface area contributed by atoms with Crippen molar-refractivity contribution in [2.24, 2.45) is 5.73 Å². The first-order chi connectivity index (χ1) is 14.9. The largest absolute Gasteiger partial charge is 0.405 e. The molecule has 1 fully saturated rings. The summed E-state index contributed by atoms with van der Waals surface area (Å²) in [5.41, 5.74) is 17.5. The van der Waals surface area contributed by atoms with Crippen LogP contribution in [0.3, 0.4) is 0 Å². The molecule has 0 aliphatic carbocycles. The lowest BCUT2D eigenvalue weighted by atomic mass is 10.00. The Bertz CT molecular complexity index is 907. The van der Waals surface area contributed by atoms with Gasteiger partial charge in [-0.1, -0.05) is 19.2 Å². The van der Waals surface area contributed by atoms with Crippen LogP contribution in [0, 0.1) is 19.7 Å². The van der Waals surface area contributed by atoms with Gasteiger partial charge in [-0.05, 0) is 80.4 Å². The molecule has 2 aromatic rings. The Balaban J connectivity index is 0.00000107. The van der Waals surface area contributed by atoms with Crippen LogP contribution in [-0.2, 0) is 6.42 Å². The lowest BCUT2D eigenvalue weighted by molar-refractivity contribution is 0.238. The van der Waals surface area contributed by atoms with Gasteiger partial charge in [-0.2, -0.15) is 0 Å². The second kappa shape index (κ2) is 12.1. The molecule has 1 saturated heterocycles. The maximum absolute atomic E-state index is 13.7. The fourth-order valence-electron chi connectivity index (χ4n) is 3.93. The SMILES string of the molecule is C=C/C(=C\c1[nH]c(C)c(CCCN2CCNCC2)c1C)c1cc(F)ccc1N.C=CN. The smallest absolute Gasteiger partial charge is 0.123 e. The van der Waals surface area contributed by atoms with E-state index in [1.807, 2.05) is 6.08 Å². The van der Waals surface area contributed by atoms with Crippen molar-refractivity contribution in [3.8, 4) is 0 Å². The number of nitrogen functional groups attached to an aromatic ring is 1. The lowest BCUT2D eigenvalue weighted by Gasteiger charge is -2.27. The summed E-state index contributed by atoms with van der Waals surface area (Å²) in [7, 11) is 0. The van der Waals surface area contributed by atoms with Gasteiger partial charge in [0.2, 0.25) is 0 Å². The van der Waals surface area contributed by atoms with E-state index in [4.69, 9.17) is 5.73 Å². The third kappa shape index (κ3) is 6.84. The van der Waals surface area contributed by atoms with Crippen molar-refractivity contribution in [2.45, 2.75) is 26.7 Å². The lowest BCUT2D eigenvalue weighted by Crippen LogP contribution is -2.43. The molecule has 6 N–H and O–H groups in total. The van der Waals surface area contributed by atoms with Crippen LogP contribution in [0.25, 0.3) is 11.6 Å². The summed E-state index contributed by atoms with van der Waals surface area (Å²) in [6, 6.07) is 4.43. The van der Waals surface area contributed by atoms with Crippen LogP contribution in [0.5, 0.6) is 0 Å². The van der Waals surface area contributed by atoms with Crippen molar-refractivity contribution in [1.82, 2.24) is 15.2 Å². The predicted octanol–water partition coefficient (Wildman–Crippen LogP) is 4.01. The zero-order valence-electron chi connectivity index (χ0n) is 18.8. The van der Waals surface area contributed by atoms with E-state index in [-0.39, 0.29) is 5.82 Å². The number of nitrogens with zero attached hydrogens (tertiary/aromatic N) is 1.